The van der Waals surface area contributed by atoms with E-state index >= 15 is 0 Å². The van der Waals surface area contributed by atoms with Crippen LogP contribution in [0.25, 0.3) is 77.5 Å². The fraction of sp³-hybridized carbons (Fsp3) is 0.0172. The van der Waals surface area contributed by atoms with E-state index in [9.17, 15) is 0 Å². The quantitative estimate of drug-likeness (QED) is 0.163. The summed E-state index contributed by atoms with van der Waals surface area (Å²) < 4.78 is 6.54. The predicted molar refractivity (Wildman–Crippen MR) is 251 cm³/mol. The van der Waals surface area contributed by atoms with E-state index in [0.717, 1.165) is 66.4 Å². The zero-order valence-corrected chi connectivity index (χ0v) is 33.1. The van der Waals surface area contributed by atoms with E-state index in [2.05, 4.69) is 193 Å². The van der Waals surface area contributed by atoms with Crippen LogP contribution in [-0.2, 0) is 5.41 Å². The van der Waals surface area contributed by atoms with Crippen LogP contribution < -0.4 is 4.90 Å². The molecule has 0 amide bonds. The van der Waals surface area contributed by atoms with E-state index < -0.39 is 5.41 Å². The Balaban J connectivity index is 0.946. The molecule has 0 aliphatic heterocycles. The van der Waals surface area contributed by atoms with Gasteiger partial charge in [0.15, 0.2) is 5.58 Å². The molecule has 2 aliphatic rings. The highest BCUT2D eigenvalue weighted by molar-refractivity contribution is 6.18. The number of fused-ring (bicyclic) bond motifs is 15. The van der Waals surface area contributed by atoms with Crippen molar-refractivity contribution in [1.29, 1.82) is 0 Å². The Morgan fingerprint density at radius 2 is 0.902 bits per heavy atom. The third-order valence-electron chi connectivity index (χ3n) is 13.1. The summed E-state index contributed by atoms with van der Waals surface area (Å²) in [5.74, 6) is 0.635. The average molecular weight is 777 g/mol. The Labute approximate surface area is 353 Å². The molecular weight excluding hydrogens is 741 g/mol. The van der Waals surface area contributed by atoms with Gasteiger partial charge in [0.25, 0.3) is 0 Å². The third kappa shape index (κ3) is 4.89. The van der Waals surface area contributed by atoms with Gasteiger partial charge >= 0.3 is 0 Å². The number of nitrogens with zero attached hydrogens (tertiary/aromatic N) is 2. The maximum absolute atomic E-state index is 6.54. The third-order valence-corrected chi connectivity index (χ3v) is 13.1. The van der Waals surface area contributed by atoms with Gasteiger partial charge in [0.05, 0.1) is 5.41 Å². The van der Waals surface area contributed by atoms with E-state index in [1.807, 2.05) is 30.3 Å². The lowest BCUT2D eigenvalue weighted by molar-refractivity contribution is 0.623. The number of anilines is 3. The standard InChI is InChI=1S/C58H36N2O/c1-3-13-40(14-4-1)57-59-54-34-29-39-25-23-38-24-26-41(35-49(38)55(39)56(54)61-57)37-27-30-43(31-28-37)60(42-15-5-2-6-16-42)44-32-33-48-47-19-9-12-22-52(47)58(53(48)36-44)50-20-10-7-17-45(50)46-18-8-11-21-51(46)58/h1-36H. The Morgan fingerprint density at radius 3 is 1.59 bits per heavy atom. The SMILES string of the molecule is c1ccc(-c2nc3ccc4ccc5ccc(-c6ccc(N(c7ccccc7)c7ccc8c(c7)C7(c9ccccc9-c9ccccc97)c7ccccc7-8)cc6)cc5c4c3o2)cc1. The molecule has 0 saturated heterocycles. The maximum Gasteiger partial charge on any atom is 0.227 e. The first-order valence-electron chi connectivity index (χ1n) is 20.9. The second kappa shape index (κ2) is 13.0. The van der Waals surface area contributed by atoms with Crippen LogP contribution in [-0.4, -0.2) is 4.98 Å². The molecule has 61 heavy (non-hydrogen) atoms. The Kier molecular flexibility index (Phi) is 7.22. The van der Waals surface area contributed by atoms with Crippen molar-refractivity contribution < 1.29 is 4.42 Å². The van der Waals surface area contributed by atoms with Crippen molar-refractivity contribution in [1.82, 2.24) is 4.98 Å². The van der Waals surface area contributed by atoms with Crippen molar-refractivity contribution in [3.8, 4) is 44.8 Å². The number of benzene rings is 10. The summed E-state index contributed by atoms with van der Waals surface area (Å²) in [5, 5.41) is 4.53. The van der Waals surface area contributed by atoms with Crippen LogP contribution in [0, 0.1) is 0 Å². The second-order valence-electron chi connectivity index (χ2n) is 16.2. The summed E-state index contributed by atoms with van der Waals surface area (Å²) >= 11 is 0. The van der Waals surface area contributed by atoms with Gasteiger partial charge < -0.3 is 9.32 Å². The summed E-state index contributed by atoms with van der Waals surface area (Å²) in [5.41, 5.74) is 18.4. The Hall–Kier alpha value is -8.01. The van der Waals surface area contributed by atoms with Crippen LogP contribution in [0.4, 0.5) is 17.1 Å². The normalized spacial score (nSPS) is 13.0. The fourth-order valence-electron chi connectivity index (χ4n) is 10.5. The van der Waals surface area contributed by atoms with Crippen LogP contribution in [0.15, 0.2) is 223 Å². The monoisotopic (exact) mass is 776 g/mol. The molecule has 0 unspecified atom stereocenters. The van der Waals surface area contributed by atoms with Gasteiger partial charge in [-0.1, -0.05) is 158 Å². The van der Waals surface area contributed by atoms with E-state index in [1.165, 1.54) is 44.5 Å². The lowest BCUT2D eigenvalue weighted by atomic mass is 9.70. The van der Waals surface area contributed by atoms with Gasteiger partial charge in [0.2, 0.25) is 5.89 Å². The number of hydrogen-bond acceptors (Lipinski definition) is 3. The minimum atomic E-state index is -0.415. The highest BCUT2D eigenvalue weighted by Gasteiger charge is 2.51. The van der Waals surface area contributed by atoms with Crippen LogP contribution in [0.2, 0.25) is 0 Å². The highest BCUT2D eigenvalue weighted by Crippen LogP contribution is 2.63. The zero-order chi connectivity index (χ0) is 40.1. The Bertz CT molecular complexity index is 3470. The Morgan fingerprint density at radius 1 is 0.377 bits per heavy atom. The molecule has 1 heterocycles. The molecule has 0 saturated carbocycles. The summed E-state index contributed by atoms with van der Waals surface area (Å²) in [4.78, 5) is 7.29. The molecule has 2 aliphatic carbocycles. The molecule has 1 spiro atoms. The van der Waals surface area contributed by atoms with Crippen LogP contribution >= 0.6 is 0 Å². The first-order valence-corrected chi connectivity index (χ1v) is 20.9. The predicted octanol–water partition coefficient (Wildman–Crippen LogP) is 15.3. The molecule has 1 aromatic heterocycles. The summed E-state index contributed by atoms with van der Waals surface area (Å²) in [6.45, 7) is 0. The smallest absolute Gasteiger partial charge is 0.227 e. The van der Waals surface area contributed by atoms with E-state index in [-0.39, 0.29) is 0 Å². The van der Waals surface area contributed by atoms with E-state index in [4.69, 9.17) is 9.40 Å². The molecule has 0 fully saturated rings. The molecular formula is C58H36N2O. The topological polar surface area (TPSA) is 29.3 Å². The largest absolute Gasteiger partial charge is 0.435 e. The van der Waals surface area contributed by atoms with Gasteiger partial charge in [0, 0.05) is 28.0 Å². The maximum atomic E-state index is 6.54. The van der Waals surface area contributed by atoms with Gasteiger partial charge in [-0.3, -0.25) is 0 Å². The first kappa shape index (κ1) is 33.9. The lowest BCUT2D eigenvalue weighted by Gasteiger charge is -2.32. The van der Waals surface area contributed by atoms with E-state index in [1.54, 1.807) is 0 Å². The number of aromatic nitrogens is 1. The van der Waals surface area contributed by atoms with Gasteiger partial charge in [-0.05, 0) is 132 Å². The molecule has 3 nitrogen and oxygen atoms in total. The molecule has 0 radical (unpaired) electrons. The highest BCUT2D eigenvalue weighted by atomic mass is 16.3. The van der Waals surface area contributed by atoms with Gasteiger partial charge in [-0.2, -0.15) is 0 Å². The molecule has 284 valence electrons. The average Bonchev–Trinajstić information content (AvgIpc) is 4.00. The van der Waals surface area contributed by atoms with Gasteiger partial charge in [0.1, 0.15) is 5.52 Å². The summed E-state index contributed by atoms with van der Waals surface area (Å²) in [6, 6.07) is 79.3. The van der Waals surface area contributed by atoms with Crippen molar-refractivity contribution in [2.45, 2.75) is 5.41 Å². The van der Waals surface area contributed by atoms with Crippen molar-refractivity contribution in [2.24, 2.45) is 0 Å². The zero-order valence-electron chi connectivity index (χ0n) is 33.1. The molecule has 11 aromatic rings. The molecule has 3 heteroatoms. The van der Waals surface area contributed by atoms with Crippen LogP contribution in [0.3, 0.4) is 0 Å². The molecule has 0 N–H and O–H groups in total. The molecule has 13 rings (SSSR count). The molecule has 0 atom stereocenters. The number of hydrogen-bond donors (Lipinski definition) is 0. The van der Waals surface area contributed by atoms with Gasteiger partial charge in [-0.15, -0.1) is 0 Å². The van der Waals surface area contributed by atoms with Crippen LogP contribution in [0.1, 0.15) is 22.3 Å². The fourth-order valence-corrected chi connectivity index (χ4v) is 10.5. The van der Waals surface area contributed by atoms with E-state index in [0.29, 0.717) is 5.89 Å². The lowest BCUT2D eigenvalue weighted by Crippen LogP contribution is -2.26. The minimum Gasteiger partial charge on any atom is -0.435 e. The van der Waals surface area contributed by atoms with Crippen molar-refractivity contribution in [2.75, 3.05) is 4.90 Å². The molecule has 10 aromatic carbocycles. The number of para-hydroxylation sites is 1. The van der Waals surface area contributed by atoms with Crippen molar-refractivity contribution in [3.63, 3.8) is 0 Å². The molecule has 0 bridgehead atoms. The van der Waals surface area contributed by atoms with Crippen molar-refractivity contribution in [3.05, 3.63) is 241 Å². The first-order chi connectivity index (χ1) is 30.2. The number of oxazole rings is 1. The van der Waals surface area contributed by atoms with Gasteiger partial charge in [-0.25, -0.2) is 4.98 Å². The summed E-state index contributed by atoms with van der Waals surface area (Å²) in [7, 11) is 0. The summed E-state index contributed by atoms with van der Waals surface area (Å²) in [6.07, 6.45) is 0. The van der Waals surface area contributed by atoms with Crippen molar-refractivity contribution >= 4 is 49.7 Å². The number of rotatable bonds is 5. The second-order valence-corrected chi connectivity index (χ2v) is 16.2. The van der Waals surface area contributed by atoms with Crippen LogP contribution in [0.5, 0.6) is 0 Å². The minimum absolute atomic E-state index is 0.415.